The number of hydrogen-bond acceptors (Lipinski definition) is 6. The first kappa shape index (κ1) is 13.6. The van der Waals surface area contributed by atoms with Crippen LogP contribution in [0.25, 0.3) is 4.96 Å². The van der Waals surface area contributed by atoms with Crippen LogP contribution in [0.4, 0.5) is 5.82 Å². The van der Waals surface area contributed by atoms with E-state index in [1.165, 1.54) is 27.9 Å². The lowest BCUT2D eigenvalue weighted by molar-refractivity contribution is 0.596. The lowest BCUT2D eigenvalue weighted by atomic mass is 10.5. The fraction of sp³-hybridized carbons (Fsp3) is 0. The van der Waals surface area contributed by atoms with Crippen molar-refractivity contribution in [3.05, 3.63) is 34.0 Å². The Hall–Kier alpha value is -1.42. The summed E-state index contributed by atoms with van der Waals surface area (Å²) in [5, 5.41) is 8.80. The normalized spacial score (nSPS) is 11.9. The lowest BCUT2D eigenvalue weighted by Gasteiger charge is -2.05. The summed E-state index contributed by atoms with van der Waals surface area (Å²) in [4.78, 5) is 4.45. The summed E-state index contributed by atoms with van der Waals surface area (Å²) >= 11 is 12.7. The smallest absolute Gasteiger partial charge is 0.278 e. The van der Waals surface area contributed by atoms with Crippen LogP contribution in [0.3, 0.4) is 0 Å². The standard InChI is InChI=1S/C9H5Cl2N5O2S2/c10-5-1-2-6(14-13-5)15-20(17,18)8-7(11)12-9-16(8)3-4-19-9/h1-4H,(H,14,15). The SMILES string of the molecule is O=S(=O)(Nc1ccc(Cl)nn1)c1c(Cl)nc2sccn12. The largest absolute Gasteiger partial charge is 0.282 e. The van der Waals surface area contributed by atoms with Crippen molar-refractivity contribution >= 4 is 55.3 Å². The molecule has 0 saturated heterocycles. The van der Waals surface area contributed by atoms with Crippen molar-refractivity contribution in [3.63, 3.8) is 0 Å². The fourth-order valence-corrected chi connectivity index (χ4v) is 4.09. The predicted octanol–water partition coefficient (Wildman–Crippen LogP) is 2.29. The maximum absolute atomic E-state index is 12.3. The van der Waals surface area contributed by atoms with E-state index >= 15 is 0 Å². The maximum Gasteiger partial charge on any atom is 0.282 e. The van der Waals surface area contributed by atoms with E-state index in [-0.39, 0.29) is 21.2 Å². The van der Waals surface area contributed by atoms with Gasteiger partial charge in [0, 0.05) is 11.6 Å². The van der Waals surface area contributed by atoms with Crippen LogP contribution in [0.1, 0.15) is 0 Å². The second kappa shape index (κ2) is 4.85. The van der Waals surface area contributed by atoms with Crippen LogP contribution >= 0.6 is 34.5 Å². The molecule has 104 valence electrons. The Bertz CT molecular complexity index is 872. The molecule has 11 heteroatoms. The number of aromatic nitrogens is 4. The van der Waals surface area contributed by atoms with Crippen LogP contribution in [0.15, 0.2) is 28.7 Å². The number of hydrogen-bond donors (Lipinski definition) is 1. The summed E-state index contributed by atoms with van der Waals surface area (Å²) in [6.45, 7) is 0. The molecule has 7 nitrogen and oxygen atoms in total. The first-order chi connectivity index (χ1) is 9.47. The van der Waals surface area contributed by atoms with Gasteiger partial charge in [-0.05, 0) is 12.1 Å². The van der Waals surface area contributed by atoms with E-state index in [0.717, 1.165) is 0 Å². The molecule has 0 aliphatic heterocycles. The third kappa shape index (κ3) is 2.33. The van der Waals surface area contributed by atoms with Crippen LogP contribution in [0, 0.1) is 0 Å². The number of thiazole rings is 1. The average Bonchev–Trinajstić information content (AvgIpc) is 2.91. The molecule has 1 N–H and O–H groups in total. The van der Waals surface area contributed by atoms with Gasteiger partial charge in [-0.3, -0.25) is 9.12 Å². The van der Waals surface area contributed by atoms with Gasteiger partial charge in [-0.25, -0.2) is 4.98 Å². The number of sulfonamides is 1. The van der Waals surface area contributed by atoms with Crippen LogP contribution in [0.5, 0.6) is 0 Å². The van der Waals surface area contributed by atoms with Crippen molar-refractivity contribution in [3.8, 4) is 0 Å². The van der Waals surface area contributed by atoms with Crippen molar-refractivity contribution < 1.29 is 8.42 Å². The molecule has 0 radical (unpaired) electrons. The zero-order valence-electron chi connectivity index (χ0n) is 9.49. The van der Waals surface area contributed by atoms with E-state index in [2.05, 4.69) is 19.9 Å². The fourth-order valence-electron chi connectivity index (χ4n) is 1.54. The number of rotatable bonds is 3. The van der Waals surface area contributed by atoms with Crippen LogP contribution in [0.2, 0.25) is 10.3 Å². The zero-order valence-corrected chi connectivity index (χ0v) is 12.6. The van der Waals surface area contributed by atoms with Gasteiger partial charge in [-0.2, -0.15) is 8.42 Å². The highest BCUT2D eigenvalue weighted by Gasteiger charge is 2.25. The van der Waals surface area contributed by atoms with Crippen LogP contribution in [-0.2, 0) is 10.0 Å². The average molecular weight is 350 g/mol. The number of imidazole rings is 1. The molecule has 3 aromatic heterocycles. The number of fused-ring (bicyclic) bond motifs is 1. The molecule has 0 amide bonds. The maximum atomic E-state index is 12.3. The van der Waals surface area contributed by atoms with Gasteiger partial charge in [-0.1, -0.05) is 23.2 Å². The molecular formula is C9H5Cl2N5O2S2. The van der Waals surface area contributed by atoms with Gasteiger partial charge in [-0.15, -0.1) is 21.5 Å². The summed E-state index contributed by atoms with van der Waals surface area (Å²) in [6.07, 6.45) is 1.57. The third-order valence-electron chi connectivity index (χ3n) is 2.30. The number of halogens is 2. The molecule has 0 saturated carbocycles. The number of nitrogens with one attached hydrogen (secondary N) is 1. The van der Waals surface area contributed by atoms with Crippen LogP contribution < -0.4 is 4.72 Å². The minimum Gasteiger partial charge on any atom is -0.278 e. The highest BCUT2D eigenvalue weighted by molar-refractivity contribution is 7.92. The third-order valence-corrected chi connectivity index (χ3v) is 5.01. The molecule has 3 heterocycles. The molecule has 0 spiro atoms. The van der Waals surface area contributed by atoms with Crippen molar-refractivity contribution in [2.45, 2.75) is 5.03 Å². The van der Waals surface area contributed by atoms with E-state index < -0.39 is 10.0 Å². The second-order valence-electron chi connectivity index (χ2n) is 3.61. The summed E-state index contributed by atoms with van der Waals surface area (Å²) in [5.74, 6) is 0.0376. The molecule has 0 unspecified atom stereocenters. The summed E-state index contributed by atoms with van der Waals surface area (Å²) in [5.41, 5.74) is 0. The number of nitrogens with zero attached hydrogens (tertiary/aromatic N) is 4. The van der Waals surface area contributed by atoms with E-state index in [1.807, 2.05) is 0 Å². The minimum absolute atomic E-state index is 0.0376. The molecule has 0 bridgehead atoms. The Morgan fingerprint density at radius 3 is 2.75 bits per heavy atom. The van der Waals surface area contributed by atoms with Crippen molar-refractivity contribution in [2.75, 3.05) is 4.72 Å². The van der Waals surface area contributed by atoms with E-state index in [1.54, 1.807) is 11.6 Å². The number of anilines is 1. The topological polar surface area (TPSA) is 89.2 Å². The second-order valence-corrected chi connectivity index (χ2v) is 6.83. The van der Waals surface area contributed by atoms with E-state index in [9.17, 15) is 8.42 Å². The van der Waals surface area contributed by atoms with Crippen molar-refractivity contribution in [1.29, 1.82) is 0 Å². The first-order valence-electron chi connectivity index (χ1n) is 5.10. The van der Waals surface area contributed by atoms with Gasteiger partial charge in [0.25, 0.3) is 10.0 Å². The Morgan fingerprint density at radius 2 is 2.05 bits per heavy atom. The predicted molar refractivity (Wildman–Crippen MR) is 75.9 cm³/mol. The molecule has 0 aliphatic carbocycles. The van der Waals surface area contributed by atoms with Gasteiger partial charge < -0.3 is 0 Å². The molecule has 3 rings (SSSR count). The van der Waals surface area contributed by atoms with Crippen LogP contribution in [-0.4, -0.2) is 28.0 Å². The van der Waals surface area contributed by atoms with Crippen molar-refractivity contribution in [2.24, 2.45) is 0 Å². The summed E-state index contributed by atoms with van der Waals surface area (Å²) in [7, 11) is -3.93. The van der Waals surface area contributed by atoms with E-state index in [4.69, 9.17) is 23.2 Å². The Kier molecular flexibility index (Phi) is 3.28. The minimum atomic E-state index is -3.93. The Labute approximate surface area is 127 Å². The van der Waals surface area contributed by atoms with E-state index in [0.29, 0.717) is 4.96 Å². The Balaban J connectivity index is 2.05. The van der Waals surface area contributed by atoms with Gasteiger partial charge in [0.2, 0.25) is 0 Å². The summed E-state index contributed by atoms with van der Waals surface area (Å²) in [6, 6.07) is 2.82. The summed E-state index contributed by atoms with van der Waals surface area (Å²) < 4.78 is 28.3. The quantitative estimate of drug-likeness (QED) is 0.783. The molecule has 3 aromatic rings. The highest BCUT2D eigenvalue weighted by Crippen LogP contribution is 2.26. The lowest BCUT2D eigenvalue weighted by Crippen LogP contribution is -2.16. The molecular weight excluding hydrogens is 345 g/mol. The van der Waals surface area contributed by atoms with Gasteiger partial charge >= 0.3 is 0 Å². The molecule has 0 fully saturated rings. The molecule has 20 heavy (non-hydrogen) atoms. The zero-order chi connectivity index (χ0) is 14.3. The van der Waals surface area contributed by atoms with Crippen molar-refractivity contribution in [1.82, 2.24) is 19.6 Å². The first-order valence-corrected chi connectivity index (χ1v) is 8.22. The van der Waals surface area contributed by atoms with Gasteiger partial charge in [0.1, 0.15) is 0 Å². The van der Waals surface area contributed by atoms with Gasteiger partial charge in [0.05, 0.1) is 0 Å². The molecule has 0 aliphatic rings. The molecule has 0 atom stereocenters. The van der Waals surface area contributed by atoms with Gasteiger partial charge in [0.15, 0.2) is 26.1 Å². The monoisotopic (exact) mass is 349 g/mol. The molecule has 0 aromatic carbocycles. The highest BCUT2D eigenvalue weighted by atomic mass is 35.5. The Morgan fingerprint density at radius 1 is 1.25 bits per heavy atom.